The van der Waals surface area contributed by atoms with Crippen molar-refractivity contribution in [2.45, 2.75) is 95.6 Å². The van der Waals surface area contributed by atoms with Crippen molar-refractivity contribution in [3.63, 3.8) is 0 Å². The number of benzene rings is 1. The zero-order valence-electron chi connectivity index (χ0n) is 21.5. The molecule has 5 rings (SSSR count). The summed E-state index contributed by atoms with van der Waals surface area (Å²) in [6.07, 6.45) is 4.30. The number of hydrogen-bond donors (Lipinski definition) is 2. The number of hydrogen-bond acceptors (Lipinski definition) is 5. The fourth-order valence-electron chi connectivity index (χ4n) is 6.67. The van der Waals surface area contributed by atoms with E-state index < -0.39 is 22.8 Å². The number of aliphatic hydroxyl groups is 1. The molecule has 3 aliphatic rings. The van der Waals surface area contributed by atoms with E-state index in [1.54, 1.807) is 17.2 Å². The van der Waals surface area contributed by atoms with Gasteiger partial charge in [-0.2, -0.15) is 13.2 Å². The van der Waals surface area contributed by atoms with Gasteiger partial charge in [0.1, 0.15) is 11.9 Å². The van der Waals surface area contributed by atoms with E-state index in [1.807, 2.05) is 0 Å². The normalized spacial score (nSPS) is 30.5. The maximum Gasteiger partial charge on any atom is 0.416 e. The molecule has 0 saturated heterocycles. The molecule has 2 heterocycles. The maximum absolute atomic E-state index is 13.9. The van der Waals surface area contributed by atoms with Crippen LogP contribution in [0.15, 0.2) is 35.1 Å². The number of alkyl halides is 3. The molecule has 0 bridgehead atoms. The topological polar surface area (TPSA) is 78.6 Å². The van der Waals surface area contributed by atoms with Gasteiger partial charge in [0.05, 0.1) is 17.2 Å². The van der Waals surface area contributed by atoms with Crippen LogP contribution in [0.1, 0.15) is 81.4 Å². The maximum atomic E-state index is 13.9. The van der Waals surface area contributed by atoms with E-state index in [0.717, 1.165) is 43.7 Å². The Morgan fingerprint density at radius 3 is 2.54 bits per heavy atom. The van der Waals surface area contributed by atoms with Crippen LogP contribution in [0.2, 0.25) is 0 Å². The van der Waals surface area contributed by atoms with Crippen LogP contribution in [0, 0.1) is 11.3 Å². The summed E-state index contributed by atoms with van der Waals surface area (Å²) in [6, 6.07) is 4.34. The summed E-state index contributed by atoms with van der Waals surface area (Å²) in [5, 5.41) is 14.7. The van der Waals surface area contributed by atoms with E-state index in [0.29, 0.717) is 37.3 Å². The summed E-state index contributed by atoms with van der Waals surface area (Å²) < 4.78 is 45.1. The predicted molar refractivity (Wildman–Crippen MR) is 131 cm³/mol. The van der Waals surface area contributed by atoms with E-state index >= 15 is 0 Å². The van der Waals surface area contributed by atoms with Gasteiger partial charge >= 0.3 is 6.18 Å². The highest BCUT2D eigenvalue weighted by molar-refractivity contribution is 5.84. The molecular weight excluding hydrogens is 483 g/mol. The molecular formula is C28H36F3N3O3. The lowest BCUT2D eigenvalue weighted by Crippen LogP contribution is -2.49. The average Bonchev–Trinajstić information content (AvgIpc) is 3.56. The van der Waals surface area contributed by atoms with Crippen LogP contribution in [0.4, 0.5) is 13.2 Å². The van der Waals surface area contributed by atoms with Gasteiger partial charge in [-0.05, 0) is 80.5 Å². The first-order valence-corrected chi connectivity index (χ1v) is 13.4. The zero-order chi connectivity index (χ0) is 26.4. The second-order valence-corrected chi connectivity index (χ2v) is 11.5. The number of fused-ring (bicyclic) bond motifs is 1. The van der Waals surface area contributed by atoms with Crippen molar-refractivity contribution >= 4 is 5.91 Å². The molecule has 1 amide bonds. The third-order valence-corrected chi connectivity index (χ3v) is 9.03. The van der Waals surface area contributed by atoms with E-state index in [9.17, 15) is 23.1 Å². The van der Waals surface area contributed by atoms with Crippen LogP contribution in [0.25, 0.3) is 0 Å². The highest BCUT2D eigenvalue weighted by Crippen LogP contribution is 2.47. The Hall–Kier alpha value is -2.39. The zero-order valence-corrected chi connectivity index (χ0v) is 21.5. The van der Waals surface area contributed by atoms with Crippen molar-refractivity contribution < 1.29 is 27.5 Å². The smallest absolute Gasteiger partial charge is 0.416 e. The predicted octanol–water partition coefficient (Wildman–Crippen LogP) is 5.19. The lowest BCUT2D eigenvalue weighted by Gasteiger charge is -2.40. The van der Waals surface area contributed by atoms with Crippen LogP contribution in [-0.2, 0) is 29.5 Å². The minimum Gasteiger partial charge on any atom is -0.446 e. The number of aromatic nitrogens is 1. The molecule has 1 aliphatic heterocycles. The lowest BCUT2D eigenvalue weighted by molar-refractivity contribution is -0.145. The molecule has 202 valence electrons. The van der Waals surface area contributed by atoms with Crippen LogP contribution in [0.3, 0.4) is 0 Å². The lowest BCUT2D eigenvalue weighted by atomic mass is 9.73. The van der Waals surface area contributed by atoms with E-state index in [-0.39, 0.29) is 30.5 Å². The molecule has 0 spiro atoms. The first-order chi connectivity index (χ1) is 17.5. The molecule has 2 saturated carbocycles. The number of rotatable bonds is 5. The van der Waals surface area contributed by atoms with Crippen molar-refractivity contribution in [2.75, 3.05) is 6.54 Å². The third kappa shape index (κ3) is 5.04. The molecule has 2 N–H and O–H groups in total. The fourth-order valence-corrected chi connectivity index (χ4v) is 6.67. The van der Waals surface area contributed by atoms with E-state index in [1.165, 1.54) is 12.3 Å². The van der Waals surface area contributed by atoms with Crippen molar-refractivity contribution in [1.29, 1.82) is 0 Å². The van der Waals surface area contributed by atoms with Gasteiger partial charge in [0.2, 0.25) is 11.8 Å². The summed E-state index contributed by atoms with van der Waals surface area (Å²) in [7, 11) is 0. The van der Waals surface area contributed by atoms with Gasteiger partial charge in [-0.15, -0.1) is 0 Å². The molecule has 37 heavy (non-hydrogen) atoms. The van der Waals surface area contributed by atoms with Crippen LogP contribution in [-0.4, -0.2) is 39.5 Å². The van der Waals surface area contributed by atoms with Gasteiger partial charge in [-0.1, -0.05) is 19.9 Å². The molecule has 0 radical (unpaired) electrons. The quantitative estimate of drug-likeness (QED) is 0.568. The first kappa shape index (κ1) is 26.2. The van der Waals surface area contributed by atoms with Gasteiger partial charge < -0.3 is 19.7 Å². The SMILES string of the molecule is CC(C)C1(C(=O)N2CCc3ccc(C(F)(F)F)cc3C2)CCC(NC2CCC(O)(c3ncco3)CC2)C1. The number of nitrogens with one attached hydrogen (secondary N) is 1. The Bertz CT molecular complexity index is 1110. The van der Waals surface area contributed by atoms with Gasteiger partial charge in [-0.25, -0.2) is 4.98 Å². The van der Waals surface area contributed by atoms with Crippen molar-refractivity contribution in [1.82, 2.24) is 15.2 Å². The Kier molecular flexibility index (Phi) is 6.90. The molecule has 9 heteroatoms. The summed E-state index contributed by atoms with van der Waals surface area (Å²) in [5.74, 6) is 0.564. The monoisotopic (exact) mass is 519 g/mol. The third-order valence-electron chi connectivity index (χ3n) is 9.03. The highest BCUT2D eigenvalue weighted by atomic mass is 19.4. The number of oxazole rings is 1. The second kappa shape index (κ2) is 9.73. The standard InChI is InChI=1S/C28H36F3N3O3/c1-18(2)26(25(35)34-13-8-19-3-4-21(28(29,30)31)15-20(19)17-34)9-5-23(16-26)33-22-6-10-27(36,11-7-22)24-32-12-14-37-24/h3-4,12,14-15,18,22-23,33,36H,5-11,13,16-17H2,1-2H3. The minimum absolute atomic E-state index is 0.0665. The molecule has 6 nitrogen and oxygen atoms in total. The van der Waals surface area contributed by atoms with E-state index in [2.05, 4.69) is 24.1 Å². The summed E-state index contributed by atoms with van der Waals surface area (Å²) in [5.41, 5.74) is -0.715. The van der Waals surface area contributed by atoms with Crippen LogP contribution < -0.4 is 5.32 Å². The number of carbonyl (C=O) groups is 1. The van der Waals surface area contributed by atoms with Gasteiger partial charge in [-0.3, -0.25) is 4.79 Å². The van der Waals surface area contributed by atoms with Gasteiger partial charge in [0.15, 0.2) is 0 Å². The molecule has 1 aromatic heterocycles. The molecule has 2 aliphatic carbocycles. The summed E-state index contributed by atoms with van der Waals surface area (Å²) in [6.45, 7) is 4.92. The van der Waals surface area contributed by atoms with Crippen LogP contribution >= 0.6 is 0 Å². The van der Waals surface area contributed by atoms with Gasteiger partial charge in [0.25, 0.3) is 0 Å². The van der Waals surface area contributed by atoms with Crippen LogP contribution in [0.5, 0.6) is 0 Å². The summed E-state index contributed by atoms with van der Waals surface area (Å²) in [4.78, 5) is 19.9. The van der Waals surface area contributed by atoms with Crippen molar-refractivity contribution in [3.05, 3.63) is 53.2 Å². The number of carbonyl (C=O) groups excluding carboxylic acids is 1. The first-order valence-electron chi connectivity index (χ1n) is 13.4. The number of halogens is 3. The number of nitrogens with zero attached hydrogens (tertiary/aromatic N) is 2. The Morgan fingerprint density at radius 2 is 1.89 bits per heavy atom. The Labute approximate surface area is 215 Å². The largest absolute Gasteiger partial charge is 0.446 e. The highest BCUT2D eigenvalue weighted by Gasteiger charge is 2.50. The second-order valence-electron chi connectivity index (χ2n) is 11.5. The Morgan fingerprint density at radius 1 is 1.16 bits per heavy atom. The molecule has 2 unspecified atom stereocenters. The molecule has 2 aromatic rings. The molecule has 2 fully saturated rings. The van der Waals surface area contributed by atoms with Crippen molar-refractivity contribution in [3.8, 4) is 0 Å². The number of amides is 1. The Balaban J connectivity index is 1.23. The van der Waals surface area contributed by atoms with Crippen molar-refractivity contribution in [2.24, 2.45) is 11.3 Å². The average molecular weight is 520 g/mol. The minimum atomic E-state index is -4.39. The fraction of sp³-hybridized carbons (Fsp3) is 0.643. The van der Waals surface area contributed by atoms with E-state index in [4.69, 9.17) is 4.42 Å². The van der Waals surface area contributed by atoms with Gasteiger partial charge in [0, 0.05) is 25.2 Å². The summed E-state index contributed by atoms with van der Waals surface area (Å²) >= 11 is 0. The molecule has 1 aromatic carbocycles. The molecule has 2 atom stereocenters.